The van der Waals surface area contributed by atoms with Crippen molar-refractivity contribution in [3.8, 4) is 0 Å². The average molecular weight is 326 g/mol. The Labute approximate surface area is 131 Å². The van der Waals surface area contributed by atoms with Gasteiger partial charge in [0.25, 0.3) is 5.56 Å². The van der Waals surface area contributed by atoms with Crippen molar-refractivity contribution in [3.63, 3.8) is 0 Å². The van der Waals surface area contributed by atoms with Crippen molar-refractivity contribution in [2.75, 3.05) is 6.61 Å². The third kappa shape index (κ3) is 4.07. The second-order valence-corrected chi connectivity index (χ2v) is 5.29. The SMILES string of the molecule is CC(=O)OC[C@H]1O[C@@H](n2cc(C)c(=O)[nH]c2=O)C[C@H]1OC(C)=O. The van der Waals surface area contributed by atoms with Gasteiger partial charge < -0.3 is 14.2 Å². The van der Waals surface area contributed by atoms with Crippen molar-refractivity contribution in [1.29, 1.82) is 0 Å². The van der Waals surface area contributed by atoms with Gasteiger partial charge in [0, 0.05) is 32.0 Å². The molecule has 1 N–H and O–H groups in total. The summed E-state index contributed by atoms with van der Waals surface area (Å²) in [5, 5.41) is 0. The Bertz CT molecular complexity index is 721. The first-order valence-corrected chi connectivity index (χ1v) is 7.06. The Morgan fingerprint density at radius 3 is 2.65 bits per heavy atom. The minimum absolute atomic E-state index is 0.0964. The van der Waals surface area contributed by atoms with Gasteiger partial charge in [-0.1, -0.05) is 0 Å². The molecule has 126 valence electrons. The van der Waals surface area contributed by atoms with Crippen LogP contribution in [-0.2, 0) is 23.8 Å². The van der Waals surface area contributed by atoms with E-state index in [0.717, 1.165) is 0 Å². The van der Waals surface area contributed by atoms with Crippen molar-refractivity contribution >= 4 is 11.9 Å². The third-order valence-corrected chi connectivity index (χ3v) is 3.40. The van der Waals surface area contributed by atoms with Crippen LogP contribution in [0.15, 0.2) is 15.8 Å². The van der Waals surface area contributed by atoms with Gasteiger partial charge in [0.2, 0.25) is 0 Å². The largest absolute Gasteiger partial charge is 0.463 e. The lowest BCUT2D eigenvalue weighted by molar-refractivity contribution is -0.155. The monoisotopic (exact) mass is 326 g/mol. The minimum Gasteiger partial charge on any atom is -0.463 e. The number of rotatable bonds is 4. The van der Waals surface area contributed by atoms with Crippen LogP contribution >= 0.6 is 0 Å². The molecular formula is C14H18N2O7. The van der Waals surface area contributed by atoms with Crippen LogP contribution in [0, 0.1) is 6.92 Å². The van der Waals surface area contributed by atoms with Crippen LogP contribution in [0.2, 0.25) is 0 Å². The summed E-state index contributed by atoms with van der Waals surface area (Å²) in [5.41, 5.74) is -0.752. The normalized spacial score (nSPS) is 23.5. The molecule has 0 radical (unpaired) electrons. The van der Waals surface area contributed by atoms with Crippen molar-refractivity contribution in [2.24, 2.45) is 0 Å². The van der Waals surface area contributed by atoms with E-state index in [2.05, 4.69) is 4.98 Å². The van der Waals surface area contributed by atoms with E-state index in [9.17, 15) is 19.2 Å². The van der Waals surface area contributed by atoms with E-state index in [1.54, 1.807) is 6.92 Å². The zero-order chi connectivity index (χ0) is 17.1. The number of aryl methyl sites for hydroxylation is 1. The number of hydrogen-bond acceptors (Lipinski definition) is 7. The van der Waals surface area contributed by atoms with E-state index < -0.39 is 41.6 Å². The summed E-state index contributed by atoms with van der Waals surface area (Å²) in [6.07, 6.45) is -0.493. The quantitative estimate of drug-likeness (QED) is 0.750. The highest BCUT2D eigenvalue weighted by Gasteiger charge is 2.39. The van der Waals surface area contributed by atoms with E-state index in [1.807, 2.05) is 0 Å². The second kappa shape index (κ2) is 6.78. The molecule has 1 aromatic rings. The van der Waals surface area contributed by atoms with Gasteiger partial charge in [0.05, 0.1) is 0 Å². The smallest absolute Gasteiger partial charge is 0.330 e. The van der Waals surface area contributed by atoms with Gasteiger partial charge in [-0.15, -0.1) is 0 Å². The van der Waals surface area contributed by atoms with Crippen molar-refractivity contribution in [1.82, 2.24) is 9.55 Å². The number of carbonyl (C=O) groups excluding carboxylic acids is 2. The molecule has 0 aromatic carbocycles. The zero-order valence-electron chi connectivity index (χ0n) is 13.0. The Balaban J connectivity index is 2.23. The number of nitrogens with one attached hydrogen (secondary N) is 1. The predicted octanol–water partition coefficient (Wildman–Crippen LogP) is -0.373. The first kappa shape index (κ1) is 16.9. The van der Waals surface area contributed by atoms with Crippen molar-refractivity contribution in [2.45, 2.75) is 45.6 Å². The summed E-state index contributed by atoms with van der Waals surface area (Å²) >= 11 is 0. The average Bonchev–Trinajstić information content (AvgIpc) is 2.82. The number of aromatic amines is 1. The number of aromatic nitrogens is 2. The molecule has 2 rings (SSSR count). The Hall–Kier alpha value is -2.42. The van der Waals surface area contributed by atoms with Crippen LogP contribution in [0.5, 0.6) is 0 Å². The molecule has 3 atom stereocenters. The van der Waals surface area contributed by atoms with E-state index in [-0.39, 0.29) is 13.0 Å². The highest BCUT2D eigenvalue weighted by Crippen LogP contribution is 2.30. The van der Waals surface area contributed by atoms with Gasteiger partial charge in [-0.25, -0.2) is 4.79 Å². The number of ether oxygens (including phenoxy) is 3. The van der Waals surface area contributed by atoms with E-state index in [0.29, 0.717) is 5.56 Å². The minimum atomic E-state index is -0.733. The summed E-state index contributed by atoms with van der Waals surface area (Å²) in [4.78, 5) is 47.6. The third-order valence-electron chi connectivity index (χ3n) is 3.40. The first-order valence-electron chi connectivity index (χ1n) is 7.06. The molecular weight excluding hydrogens is 308 g/mol. The fourth-order valence-corrected chi connectivity index (χ4v) is 2.36. The number of H-pyrrole nitrogens is 1. The lowest BCUT2D eigenvalue weighted by Gasteiger charge is -2.17. The molecule has 1 saturated heterocycles. The van der Waals surface area contributed by atoms with Gasteiger partial charge in [0.1, 0.15) is 25.0 Å². The Morgan fingerprint density at radius 1 is 1.35 bits per heavy atom. The maximum Gasteiger partial charge on any atom is 0.330 e. The molecule has 1 aliphatic heterocycles. The number of esters is 2. The van der Waals surface area contributed by atoms with Crippen LogP contribution < -0.4 is 11.2 Å². The topological polar surface area (TPSA) is 117 Å². The van der Waals surface area contributed by atoms with Gasteiger partial charge in [-0.3, -0.25) is 23.9 Å². The predicted molar refractivity (Wildman–Crippen MR) is 76.8 cm³/mol. The van der Waals surface area contributed by atoms with Crippen LogP contribution in [0.25, 0.3) is 0 Å². The summed E-state index contributed by atoms with van der Waals surface area (Å²) in [5.74, 6) is -0.993. The molecule has 9 heteroatoms. The van der Waals surface area contributed by atoms with Crippen molar-refractivity contribution < 1.29 is 23.8 Å². The van der Waals surface area contributed by atoms with Crippen molar-refractivity contribution in [3.05, 3.63) is 32.6 Å². The van der Waals surface area contributed by atoms with Gasteiger partial charge >= 0.3 is 17.6 Å². The molecule has 1 aliphatic rings. The molecule has 0 amide bonds. The van der Waals surface area contributed by atoms with Crippen LogP contribution in [0.3, 0.4) is 0 Å². The highest BCUT2D eigenvalue weighted by atomic mass is 16.6. The standard InChI is InChI=1S/C14H18N2O7/c1-7-5-16(14(20)15-13(7)19)12-4-10(22-9(3)18)11(23-12)6-21-8(2)17/h5,10-12H,4,6H2,1-3H3,(H,15,19,20)/t10-,11-,12-/m1/s1. The maximum atomic E-state index is 11.9. The molecule has 1 fully saturated rings. The zero-order valence-corrected chi connectivity index (χ0v) is 13.0. The molecule has 0 unspecified atom stereocenters. The lowest BCUT2D eigenvalue weighted by atomic mass is 10.2. The van der Waals surface area contributed by atoms with Crippen LogP contribution in [0.4, 0.5) is 0 Å². The molecule has 0 aliphatic carbocycles. The van der Waals surface area contributed by atoms with Gasteiger partial charge in [-0.2, -0.15) is 0 Å². The molecule has 23 heavy (non-hydrogen) atoms. The number of hydrogen-bond donors (Lipinski definition) is 1. The van der Waals surface area contributed by atoms with Gasteiger partial charge in [0.15, 0.2) is 0 Å². The summed E-state index contributed by atoms with van der Waals surface area (Å²) in [6.45, 7) is 3.97. The fourth-order valence-electron chi connectivity index (χ4n) is 2.36. The fraction of sp³-hybridized carbons (Fsp3) is 0.571. The van der Waals surface area contributed by atoms with E-state index in [1.165, 1.54) is 24.6 Å². The lowest BCUT2D eigenvalue weighted by Crippen LogP contribution is -2.33. The highest BCUT2D eigenvalue weighted by molar-refractivity contribution is 5.66. The second-order valence-electron chi connectivity index (χ2n) is 5.29. The summed E-state index contributed by atoms with van der Waals surface area (Å²) in [6, 6.07) is 0. The number of nitrogens with zero attached hydrogens (tertiary/aromatic N) is 1. The molecule has 0 spiro atoms. The molecule has 9 nitrogen and oxygen atoms in total. The van der Waals surface area contributed by atoms with E-state index in [4.69, 9.17) is 14.2 Å². The van der Waals surface area contributed by atoms with Gasteiger partial charge in [-0.05, 0) is 6.92 Å². The van der Waals surface area contributed by atoms with E-state index >= 15 is 0 Å². The molecule has 0 bridgehead atoms. The summed E-state index contributed by atoms with van der Waals surface area (Å²) in [7, 11) is 0. The first-order chi connectivity index (χ1) is 10.8. The van der Waals surface area contributed by atoms with Crippen LogP contribution in [0.1, 0.15) is 32.1 Å². The molecule has 1 aromatic heterocycles. The molecule has 2 heterocycles. The number of carbonyl (C=O) groups is 2. The molecule has 0 saturated carbocycles. The summed E-state index contributed by atoms with van der Waals surface area (Å²) < 4.78 is 17.0. The Morgan fingerprint density at radius 2 is 2.04 bits per heavy atom. The Kier molecular flexibility index (Phi) is 4.99. The maximum absolute atomic E-state index is 11.9. The van der Waals surface area contributed by atoms with Crippen LogP contribution in [-0.4, -0.2) is 40.3 Å².